The minimum Gasteiger partial charge on any atom is -0.507 e. The molecule has 3 aromatic rings. The van der Waals surface area contributed by atoms with Crippen LogP contribution in [0.15, 0.2) is 47.4 Å². The summed E-state index contributed by atoms with van der Waals surface area (Å²) in [7, 11) is 3.65. The summed E-state index contributed by atoms with van der Waals surface area (Å²) in [4.78, 5) is 27.5. The van der Waals surface area contributed by atoms with E-state index in [1.54, 1.807) is 19.5 Å². The van der Waals surface area contributed by atoms with Crippen LogP contribution in [0.1, 0.15) is 39.5 Å². The quantitative estimate of drug-likeness (QED) is 0.375. The zero-order chi connectivity index (χ0) is 27.2. The number of pyridine rings is 1. The number of carbonyl (C=O) groups excluding carboxylic acids is 1. The first-order chi connectivity index (χ1) is 18.1. The Balaban J connectivity index is 1.37. The van der Waals surface area contributed by atoms with Gasteiger partial charge in [-0.1, -0.05) is 0 Å². The van der Waals surface area contributed by atoms with Gasteiger partial charge >= 0.3 is 0 Å². The summed E-state index contributed by atoms with van der Waals surface area (Å²) < 4.78 is 28.7. The molecule has 11 heteroatoms. The molecule has 1 N–H and O–H groups in total. The minimum absolute atomic E-state index is 0.0217. The second-order valence-electron chi connectivity index (χ2n) is 10.8. The van der Waals surface area contributed by atoms with Gasteiger partial charge in [0.25, 0.3) is 13.0 Å². The summed E-state index contributed by atoms with van der Waals surface area (Å²) in [6, 6.07) is 8.58. The zero-order valence-electron chi connectivity index (χ0n) is 21.6. The van der Waals surface area contributed by atoms with Gasteiger partial charge in [-0.05, 0) is 75.4 Å². The summed E-state index contributed by atoms with van der Waals surface area (Å²) in [5, 5.41) is 19.3. The van der Waals surface area contributed by atoms with E-state index < -0.39 is 18.2 Å². The predicted octanol–water partition coefficient (Wildman–Crippen LogP) is 3.77. The summed E-state index contributed by atoms with van der Waals surface area (Å²) in [6.45, 7) is 3.41. The Bertz CT molecular complexity index is 1420. The topological polar surface area (TPSA) is 91.6 Å². The van der Waals surface area contributed by atoms with E-state index in [4.69, 9.17) is 0 Å². The fraction of sp³-hybridized carbons (Fsp3) is 0.407. The molecule has 2 aliphatic heterocycles. The van der Waals surface area contributed by atoms with Gasteiger partial charge in [0.15, 0.2) is 12.6 Å². The molecule has 0 spiro atoms. The lowest BCUT2D eigenvalue weighted by molar-refractivity contribution is 0.0851. The molecule has 8 nitrogen and oxygen atoms in total. The van der Waals surface area contributed by atoms with Gasteiger partial charge in [-0.15, -0.1) is 10.2 Å². The molecular formula is C27H29BF2N5O3. The summed E-state index contributed by atoms with van der Waals surface area (Å²) in [5.74, 6) is -0.222. The number of aromatic nitrogens is 3. The summed E-state index contributed by atoms with van der Waals surface area (Å²) in [6.07, 6.45) is 5.87. The van der Waals surface area contributed by atoms with Gasteiger partial charge in [-0.2, -0.15) is 0 Å². The number of rotatable bonds is 7. The number of nitrogens with zero attached hydrogens (tertiary/aromatic N) is 5. The molecule has 38 heavy (non-hydrogen) atoms. The average Bonchev–Trinajstić information content (AvgIpc) is 3.04. The fourth-order valence-corrected chi connectivity index (χ4v) is 6.22. The Hall–Kier alpha value is -3.60. The molecule has 5 rings (SSSR count). The van der Waals surface area contributed by atoms with Crippen molar-refractivity contribution >= 4 is 19.4 Å². The van der Waals surface area contributed by atoms with Crippen molar-refractivity contribution in [2.75, 3.05) is 11.9 Å². The van der Waals surface area contributed by atoms with Crippen molar-refractivity contribution in [3.8, 4) is 28.1 Å². The number of carbonyl (C=O) groups is 1. The third kappa shape index (κ3) is 4.38. The van der Waals surface area contributed by atoms with Crippen molar-refractivity contribution in [2.24, 2.45) is 0 Å². The zero-order valence-corrected chi connectivity index (χ0v) is 21.6. The monoisotopic (exact) mass is 520 g/mol. The molecule has 1 unspecified atom stereocenters. The first kappa shape index (κ1) is 26.0. The van der Waals surface area contributed by atoms with Crippen LogP contribution in [0.3, 0.4) is 0 Å². The number of anilines is 1. The van der Waals surface area contributed by atoms with E-state index in [2.05, 4.69) is 33.8 Å². The predicted molar refractivity (Wildman–Crippen MR) is 142 cm³/mol. The molecule has 0 saturated carbocycles. The van der Waals surface area contributed by atoms with Gasteiger partial charge < -0.3 is 19.6 Å². The van der Waals surface area contributed by atoms with E-state index in [0.717, 1.165) is 48.6 Å². The number of hydrogen-bond donors (Lipinski definition) is 1. The lowest BCUT2D eigenvalue weighted by atomic mass is 9.73. The maximum absolute atomic E-state index is 15.0. The fourth-order valence-electron chi connectivity index (χ4n) is 6.22. The van der Waals surface area contributed by atoms with Crippen LogP contribution in [0, 0.1) is 5.82 Å². The third-order valence-electron chi connectivity index (χ3n) is 8.28. The Morgan fingerprint density at radius 2 is 1.84 bits per heavy atom. The van der Waals surface area contributed by atoms with Gasteiger partial charge in [0.1, 0.15) is 11.6 Å². The van der Waals surface area contributed by atoms with Crippen molar-refractivity contribution in [1.29, 1.82) is 0 Å². The molecule has 2 aliphatic rings. The molecule has 2 saturated heterocycles. The Morgan fingerprint density at radius 3 is 2.42 bits per heavy atom. The first-order valence-electron chi connectivity index (χ1n) is 12.5. The largest absolute Gasteiger partial charge is 0.507 e. The first-order valence-corrected chi connectivity index (χ1v) is 12.5. The van der Waals surface area contributed by atoms with Crippen molar-refractivity contribution in [3.05, 3.63) is 58.8 Å². The average molecular weight is 520 g/mol. The van der Waals surface area contributed by atoms with E-state index in [9.17, 15) is 19.1 Å². The lowest BCUT2D eigenvalue weighted by Crippen LogP contribution is -2.62. The van der Waals surface area contributed by atoms with Crippen LogP contribution in [-0.4, -0.2) is 62.4 Å². The van der Waals surface area contributed by atoms with Gasteiger partial charge in [-0.25, -0.2) is 8.78 Å². The molecule has 2 aromatic heterocycles. The highest BCUT2D eigenvalue weighted by molar-refractivity contribution is 6.64. The Labute approximate surface area is 220 Å². The molecule has 1 radical (unpaired) electrons. The van der Waals surface area contributed by atoms with Crippen molar-refractivity contribution in [1.82, 2.24) is 19.6 Å². The molecule has 0 amide bonds. The standard InChI is InChI=1S/C27H29BF2N5O3/c1-26-7-8-27(2,35(26)28-15-36)14-18(13-26)33(3)24-5-4-22(31-32-24)20-11-21(30)19(12-23(20)37)17-6-9-34(16-29)25(38)10-17/h4-6,9-12,15,18,37H,7-8,13-14,16H2,1-3H3/t18?,26-,27+. The lowest BCUT2D eigenvalue weighted by Gasteiger charge is -2.52. The molecule has 197 valence electrons. The van der Waals surface area contributed by atoms with Crippen LogP contribution in [0.2, 0.25) is 0 Å². The van der Waals surface area contributed by atoms with E-state index in [1.807, 2.05) is 7.05 Å². The Kier molecular flexibility index (Phi) is 6.59. The molecule has 3 atom stereocenters. The maximum atomic E-state index is 15.0. The highest BCUT2D eigenvalue weighted by Crippen LogP contribution is 2.50. The number of halogens is 2. The molecule has 1 aromatic carbocycles. The third-order valence-corrected chi connectivity index (χ3v) is 8.28. The molecular weight excluding hydrogens is 491 g/mol. The minimum atomic E-state index is -0.980. The van der Waals surface area contributed by atoms with E-state index in [-0.39, 0.29) is 39.6 Å². The maximum Gasteiger partial charge on any atom is 0.294 e. The van der Waals surface area contributed by atoms with Crippen LogP contribution >= 0.6 is 0 Å². The second-order valence-corrected chi connectivity index (χ2v) is 10.8. The van der Waals surface area contributed by atoms with E-state index in [0.29, 0.717) is 11.5 Å². The number of hydrogen-bond acceptors (Lipinski definition) is 7. The van der Waals surface area contributed by atoms with Gasteiger partial charge in [0, 0.05) is 47.6 Å². The van der Waals surface area contributed by atoms with E-state index >= 15 is 4.39 Å². The van der Waals surface area contributed by atoms with Crippen LogP contribution in [0.4, 0.5) is 14.6 Å². The van der Waals surface area contributed by atoms with Crippen molar-refractivity contribution in [2.45, 2.75) is 63.4 Å². The van der Waals surface area contributed by atoms with Crippen LogP contribution in [-0.2, 0) is 11.6 Å². The summed E-state index contributed by atoms with van der Waals surface area (Å²) in [5.41, 5.74) is -0.106. The highest BCUT2D eigenvalue weighted by atomic mass is 19.1. The number of piperidine rings is 1. The van der Waals surface area contributed by atoms with Gasteiger partial charge in [0.2, 0.25) is 0 Å². The molecule has 2 bridgehead atoms. The van der Waals surface area contributed by atoms with Crippen molar-refractivity contribution in [3.63, 3.8) is 0 Å². The number of alkyl halides is 1. The highest BCUT2D eigenvalue weighted by Gasteiger charge is 2.55. The number of fused-ring (bicyclic) bond motifs is 2. The number of phenols is 1. The second kappa shape index (κ2) is 9.61. The van der Waals surface area contributed by atoms with E-state index in [1.165, 1.54) is 18.3 Å². The van der Waals surface area contributed by atoms with Crippen LogP contribution in [0.25, 0.3) is 22.4 Å². The molecule has 2 fully saturated rings. The van der Waals surface area contributed by atoms with Crippen LogP contribution in [0.5, 0.6) is 5.75 Å². The van der Waals surface area contributed by atoms with Crippen molar-refractivity contribution < 1.29 is 18.7 Å². The normalized spacial score (nSPS) is 24.8. The number of phenolic OH excluding ortho intramolecular Hbond substituents is 1. The molecule has 4 heterocycles. The molecule has 0 aliphatic carbocycles. The van der Waals surface area contributed by atoms with Crippen LogP contribution < -0.4 is 10.5 Å². The number of aromatic hydroxyl groups is 1. The summed E-state index contributed by atoms with van der Waals surface area (Å²) >= 11 is 0. The van der Waals surface area contributed by atoms with Gasteiger partial charge in [-0.3, -0.25) is 9.36 Å². The Morgan fingerprint density at radius 1 is 1.13 bits per heavy atom. The SMILES string of the molecule is CN(c1ccc(-c2cc(F)c(-c3ccn(CF)c(=O)c3)cc2O)nn1)C1C[C@]2(C)CC[C@](C)(C1)N2[B]C=O. The smallest absolute Gasteiger partial charge is 0.294 e. The number of benzene rings is 1. The van der Waals surface area contributed by atoms with Gasteiger partial charge in [0.05, 0.1) is 11.9 Å².